The Bertz CT molecular complexity index is 555. The molecule has 0 heterocycles. The first-order valence-corrected chi connectivity index (χ1v) is 7.32. The quantitative estimate of drug-likeness (QED) is 0.453. The second-order valence-corrected chi connectivity index (χ2v) is 5.20. The summed E-state index contributed by atoms with van der Waals surface area (Å²) in [5.41, 5.74) is -4.56. The van der Waals surface area contributed by atoms with Crippen LogP contribution in [-0.4, -0.2) is 18.1 Å². The predicted octanol–water partition coefficient (Wildman–Crippen LogP) is 4.24. The fraction of sp³-hybridized carbons (Fsp3) is 0.333. The molecule has 20 heavy (non-hydrogen) atoms. The van der Waals surface area contributed by atoms with Gasteiger partial charge in [-0.3, -0.25) is 0 Å². The van der Waals surface area contributed by atoms with Gasteiger partial charge in [0.25, 0.3) is 0 Å². The lowest BCUT2D eigenvalue weighted by atomic mass is 10.1. The van der Waals surface area contributed by atoms with Crippen molar-refractivity contribution in [2.24, 2.45) is 0 Å². The van der Waals surface area contributed by atoms with E-state index >= 15 is 0 Å². The highest BCUT2D eigenvalue weighted by Gasteiger charge is 2.32. The minimum Gasteiger partial charge on any atom is -0.462 e. The summed E-state index contributed by atoms with van der Waals surface area (Å²) in [6, 6.07) is 4.22. The average molecular weight is 368 g/mol. The van der Waals surface area contributed by atoms with Crippen molar-refractivity contribution in [3.8, 4) is 6.07 Å². The van der Waals surface area contributed by atoms with Crippen LogP contribution in [0.15, 0.2) is 17.0 Å². The summed E-state index contributed by atoms with van der Waals surface area (Å²) in [5.74, 6) is -0.809. The first kappa shape index (κ1) is 16.9. The van der Waals surface area contributed by atoms with Crippen molar-refractivity contribution < 1.29 is 22.7 Å². The summed E-state index contributed by atoms with van der Waals surface area (Å²) in [5, 5.41) is 9.29. The fourth-order valence-corrected chi connectivity index (χ4v) is 2.48. The molecule has 8 heteroatoms. The van der Waals surface area contributed by atoms with Gasteiger partial charge in [0.1, 0.15) is 6.07 Å². The zero-order chi connectivity index (χ0) is 15.3. The number of carbonyl (C=O) groups excluding carboxylic acids is 1. The summed E-state index contributed by atoms with van der Waals surface area (Å²) in [7, 11) is 0. The number of hydrogen-bond acceptors (Lipinski definition) is 4. The van der Waals surface area contributed by atoms with Gasteiger partial charge in [0.2, 0.25) is 0 Å². The number of esters is 1. The maximum atomic E-state index is 12.5. The monoisotopic (exact) mass is 367 g/mol. The van der Waals surface area contributed by atoms with E-state index in [1.807, 2.05) is 0 Å². The van der Waals surface area contributed by atoms with Crippen LogP contribution >= 0.6 is 27.7 Å². The highest BCUT2D eigenvalue weighted by atomic mass is 79.9. The number of halogens is 4. The van der Waals surface area contributed by atoms with Gasteiger partial charge in [-0.2, -0.15) is 18.4 Å². The van der Waals surface area contributed by atoms with Gasteiger partial charge in [0.15, 0.2) is 0 Å². The molecule has 0 fully saturated rings. The van der Waals surface area contributed by atoms with Crippen LogP contribution in [-0.2, 0) is 10.1 Å². The van der Waals surface area contributed by atoms with E-state index in [1.165, 1.54) is 12.1 Å². The molecule has 0 radical (unpaired) electrons. The molecule has 1 rings (SSSR count). The molecule has 3 nitrogen and oxygen atoms in total. The number of alkyl halides is 4. The Balaban J connectivity index is 3.40. The van der Waals surface area contributed by atoms with E-state index in [1.54, 1.807) is 13.0 Å². The third-order valence-corrected chi connectivity index (χ3v) is 3.57. The molecule has 0 aliphatic heterocycles. The van der Waals surface area contributed by atoms with Gasteiger partial charge < -0.3 is 4.74 Å². The van der Waals surface area contributed by atoms with Crippen molar-refractivity contribution in [2.45, 2.75) is 22.7 Å². The lowest BCUT2D eigenvalue weighted by Crippen LogP contribution is -2.10. The van der Waals surface area contributed by atoms with E-state index in [0.717, 1.165) is 0 Å². The van der Waals surface area contributed by atoms with Crippen LogP contribution in [0.1, 0.15) is 28.4 Å². The Hall–Kier alpha value is -1.20. The van der Waals surface area contributed by atoms with Gasteiger partial charge >= 0.3 is 11.5 Å². The first-order chi connectivity index (χ1) is 9.32. The Morgan fingerprint density at radius 3 is 2.60 bits per heavy atom. The topological polar surface area (TPSA) is 50.1 Å². The Labute approximate surface area is 126 Å². The molecule has 0 aromatic heterocycles. The number of hydrogen-bond donors (Lipinski definition) is 0. The van der Waals surface area contributed by atoms with Crippen LogP contribution in [0, 0.1) is 11.3 Å². The molecule has 0 amide bonds. The van der Waals surface area contributed by atoms with Gasteiger partial charge in [0.05, 0.1) is 17.7 Å². The van der Waals surface area contributed by atoms with Crippen molar-refractivity contribution in [1.82, 2.24) is 0 Å². The number of nitrogens with zero attached hydrogens (tertiary/aromatic N) is 1. The molecular formula is C12H9BrF3NO2S. The number of nitriles is 1. The minimum absolute atomic E-state index is 0.0734. The van der Waals surface area contributed by atoms with E-state index < -0.39 is 23.2 Å². The van der Waals surface area contributed by atoms with Crippen molar-refractivity contribution in [3.05, 3.63) is 28.8 Å². The number of ether oxygens (including phenoxy) is 1. The van der Waals surface area contributed by atoms with Crippen LogP contribution in [0.3, 0.4) is 0 Å². The zero-order valence-electron chi connectivity index (χ0n) is 10.3. The third kappa shape index (κ3) is 4.42. The van der Waals surface area contributed by atoms with Crippen molar-refractivity contribution in [1.29, 1.82) is 5.26 Å². The number of carbonyl (C=O) groups is 1. The van der Waals surface area contributed by atoms with E-state index in [0.29, 0.717) is 5.56 Å². The molecule has 108 valence electrons. The molecule has 0 saturated heterocycles. The van der Waals surface area contributed by atoms with E-state index in [2.05, 4.69) is 15.9 Å². The van der Waals surface area contributed by atoms with Crippen molar-refractivity contribution in [2.75, 3.05) is 6.61 Å². The molecule has 1 aromatic carbocycles. The molecular weight excluding hydrogens is 359 g/mol. The first-order valence-electron chi connectivity index (χ1n) is 5.38. The standard InChI is InChI=1S/C12H9BrF3NO2S/c1-2-19-11(18)8-3-7(5-13)4-10(9(8)6-17)20-12(14,15)16/h3-4H,2,5H2,1H3. The normalized spacial score (nSPS) is 11.0. The van der Waals surface area contributed by atoms with Crippen molar-refractivity contribution >= 4 is 33.7 Å². The molecule has 0 aliphatic carbocycles. The van der Waals surface area contributed by atoms with Crippen molar-refractivity contribution in [3.63, 3.8) is 0 Å². The molecule has 1 aromatic rings. The minimum atomic E-state index is -4.54. The summed E-state index contributed by atoms with van der Waals surface area (Å²) in [6.07, 6.45) is 0. The lowest BCUT2D eigenvalue weighted by molar-refractivity contribution is -0.0328. The molecule has 0 unspecified atom stereocenters. The predicted molar refractivity (Wildman–Crippen MR) is 71.7 cm³/mol. The van der Waals surface area contributed by atoms with Gasteiger partial charge in [-0.15, -0.1) is 0 Å². The second-order valence-electron chi connectivity index (χ2n) is 3.53. The SMILES string of the molecule is CCOC(=O)c1cc(CBr)cc(SC(F)(F)F)c1C#N. The van der Waals surface area contributed by atoms with Gasteiger partial charge in [-0.25, -0.2) is 4.79 Å². The van der Waals surface area contributed by atoms with E-state index in [4.69, 9.17) is 10.00 Å². The van der Waals surface area contributed by atoms with Crippen LogP contribution in [0.5, 0.6) is 0 Å². The molecule has 0 spiro atoms. The number of thioether (sulfide) groups is 1. The van der Waals surface area contributed by atoms with Crippen LogP contribution in [0.25, 0.3) is 0 Å². The van der Waals surface area contributed by atoms with Gasteiger partial charge in [-0.05, 0) is 36.4 Å². The molecule has 0 saturated carbocycles. The number of rotatable bonds is 4. The third-order valence-electron chi connectivity index (χ3n) is 2.15. The highest BCUT2D eigenvalue weighted by Crippen LogP contribution is 2.40. The second kappa shape index (κ2) is 6.99. The Morgan fingerprint density at radius 1 is 1.50 bits per heavy atom. The maximum Gasteiger partial charge on any atom is 0.446 e. The zero-order valence-corrected chi connectivity index (χ0v) is 12.7. The molecule has 0 aliphatic rings. The number of benzene rings is 1. The molecule has 0 bridgehead atoms. The smallest absolute Gasteiger partial charge is 0.446 e. The summed E-state index contributed by atoms with van der Waals surface area (Å²) in [4.78, 5) is 11.4. The lowest BCUT2D eigenvalue weighted by Gasteiger charge is -2.12. The van der Waals surface area contributed by atoms with Gasteiger partial charge in [-0.1, -0.05) is 15.9 Å². The van der Waals surface area contributed by atoms with Crippen LogP contribution in [0.2, 0.25) is 0 Å². The maximum absolute atomic E-state index is 12.5. The Kier molecular flexibility index (Phi) is 5.89. The fourth-order valence-electron chi connectivity index (χ4n) is 1.44. The highest BCUT2D eigenvalue weighted by molar-refractivity contribution is 9.08. The average Bonchev–Trinajstić information content (AvgIpc) is 2.36. The summed E-state index contributed by atoms with van der Waals surface area (Å²) < 4.78 is 42.3. The van der Waals surface area contributed by atoms with Gasteiger partial charge in [0, 0.05) is 10.2 Å². The largest absolute Gasteiger partial charge is 0.462 e. The van der Waals surface area contributed by atoms with Crippen LogP contribution in [0.4, 0.5) is 13.2 Å². The molecule has 0 atom stereocenters. The van der Waals surface area contributed by atoms with E-state index in [9.17, 15) is 18.0 Å². The summed E-state index contributed by atoms with van der Waals surface area (Å²) in [6.45, 7) is 1.65. The van der Waals surface area contributed by atoms with Crippen LogP contribution < -0.4 is 0 Å². The summed E-state index contributed by atoms with van der Waals surface area (Å²) >= 11 is 2.69. The van der Waals surface area contributed by atoms with E-state index in [-0.39, 0.29) is 28.0 Å². The molecule has 0 N–H and O–H groups in total. The Morgan fingerprint density at radius 2 is 2.15 bits per heavy atom.